The number of carbonyl (C=O) groups is 1. The fourth-order valence-electron chi connectivity index (χ4n) is 4.06. The summed E-state index contributed by atoms with van der Waals surface area (Å²) in [4.78, 5) is 10.7. The largest absolute Gasteiger partial charge is 0.303 e. The highest BCUT2D eigenvalue weighted by Gasteiger charge is 2.46. The first-order chi connectivity index (χ1) is 7.04. The molecule has 0 radical (unpaired) electrons. The predicted octanol–water partition coefficient (Wildman–Crippen LogP) is 3.67. The number of fused-ring (bicyclic) bond motifs is 1. The minimum atomic E-state index is 0.534. The second-order valence-corrected chi connectivity index (χ2v) is 6.50. The lowest BCUT2D eigenvalue weighted by atomic mass is 9.64. The molecule has 4 unspecified atom stereocenters. The molecule has 0 aliphatic heterocycles. The third-order valence-corrected chi connectivity index (χ3v) is 5.17. The summed E-state index contributed by atoms with van der Waals surface area (Å²) in [5.74, 6) is 3.28. The lowest BCUT2D eigenvalue weighted by Crippen LogP contribution is -2.33. The van der Waals surface area contributed by atoms with Crippen molar-refractivity contribution in [3.63, 3.8) is 0 Å². The zero-order valence-corrected chi connectivity index (χ0v) is 10.3. The summed E-state index contributed by atoms with van der Waals surface area (Å²) in [5, 5.41) is 0. The first-order valence-corrected chi connectivity index (χ1v) is 6.48. The van der Waals surface area contributed by atoms with Crippen LogP contribution in [-0.4, -0.2) is 6.29 Å². The Morgan fingerprint density at radius 3 is 2.73 bits per heavy atom. The fourth-order valence-corrected chi connectivity index (χ4v) is 4.06. The molecule has 0 heterocycles. The number of hydrogen-bond donors (Lipinski definition) is 0. The first kappa shape index (κ1) is 11.2. The summed E-state index contributed by atoms with van der Waals surface area (Å²) in [6.07, 6.45) is 7.41. The minimum absolute atomic E-state index is 0.534. The Morgan fingerprint density at radius 1 is 1.33 bits per heavy atom. The van der Waals surface area contributed by atoms with Gasteiger partial charge in [0.05, 0.1) is 0 Å². The van der Waals surface area contributed by atoms with Gasteiger partial charge >= 0.3 is 0 Å². The van der Waals surface area contributed by atoms with E-state index in [1.807, 2.05) is 0 Å². The van der Waals surface area contributed by atoms with E-state index in [1.165, 1.54) is 25.7 Å². The molecule has 0 aromatic rings. The van der Waals surface area contributed by atoms with Crippen molar-refractivity contribution < 1.29 is 4.79 Å². The van der Waals surface area contributed by atoms with Crippen molar-refractivity contribution in [2.24, 2.45) is 29.1 Å². The third kappa shape index (κ3) is 1.98. The maximum atomic E-state index is 10.7. The molecular weight excluding hydrogens is 184 g/mol. The summed E-state index contributed by atoms with van der Waals surface area (Å²) in [6, 6.07) is 0. The molecule has 0 spiro atoms. The van der Waals surface area contributed by atoms with Gasteiger partial charge in [0.15, 0.2) is 0 Å². The van der Waals surface area contributed by atoms with Crippen molar-refractivity contribution in [3.8, 4) is 0 Å². The van der Waals surface area contributed by atoms with Crippen LogP contribution in [0.1, 0.15) is 52.9 Å². The summed E-state index contributed by atoms with van der Waals surface area (Å²) in [5.41, 5.74) is 0.534. The molecule has 0 aromatic carbocycles. The molecule has 86 valence electrons. The molecule has 0 amide bonds. The van der Waals surface area contributed by atoms with Gasteiger partial charge < -0.3 is 4.79 Å². The molecule has 2 aliphatic rings. The summed E-state index contributed by atoms with van der Waals surface area (Å²) >= 11 is 0. The van der Waals surface area contributed by atoms with Crippen LogP contribution in [-0.2, 0) is 4.79 Å². The van der Waals surface area contributed by atoms with E-state index >= 15 is 0 Å². The summed E-state index contributed by atoms with van der Waals surface area (Å²) in [6.45, 7) is 7.19. The Bertz CT molecular complexity index is 244. The number of rotatable bonds is 2. The van der Waals surface area contributed by atoms with Crippen molar-refractivity contribution in [2.45, 2.75) is 52.9 Å². The Morgan fingerprint density at radius 2 is 2.07 bits per heavy atom. The van der Waals surface area contributed by atoms with Crippen molar-refractivity contribution >= 4 is 6.29 Å². The molecule has 15 heavy (non-hydrogen) atoms. The van der Waals surface area contributed by atoms with Crippen molar-refractivity contribution in [3.05, 3.63) is 0 Å². The topological polar surface area (TPSA) is 17.1 Å². The molecule has 0 aromatic heterocycles. The van der Waals surface area contributed by atoms with Crippen molar-refractivity contribution in [2.75, 3.05) is 0 Å². The van der Waals surface area contributed by atoms with Crippen LogP contribution in [0.25, 0.3) is 0 Å². The van der Waals surface area contributed by atoms with Crippen LogP contribution in [0.3, 0.4) is 0 Å². The zero-order chi connectivity index (χ0) is 11.1. The van der Waals surface area contributed by atoms with E-state index in [0.717, 1.165) is 30.5 Å². The molecule has 0 N–H and O–H groups in total. The van der Waals surface area contributed by atoms with Gasteiger partial charge in [0.2, 0.25) is 0 Å². The van der Waals surface area contributed by atoms with Crippen LogP contribution < -0.4 is 0 Å². The zero-order valence-electron chi connectivity index (χ0n) is 10.3. The van der Waals surface area contributed by atoms with Gasteiger partial charge in [-0.25, -0.2) is 0 Å². The SMILES string of the molecule is CC1CC2CCC(C)(C)C2CC1CC=O. The highest BCUT2D eigenvalue weighted by molar-refractivity contribution is 5.49. The second-order valence-electron chi connectivity index (χ2n) is 6.50. The normalized spacial score (nSPS) is 43.7. The van der Waals surface area contributed by atoms with Gasteiger partial charge in [-0.2, -0.15) is 0 Å². The molecule has 2 saturated carbocycles. The van der Waals surface area contributed by atoms with Crippen LogP contribution in [0, 0.1) is 29.1 Å². The molecule has 2 rings (SSSR count). The van der Waals surface area contributed by atoms with Gasteiger partial charge in [-0.15, -0.1) is 0 Å². The van der Waals surface area contributed by atoms with Gasteiger partial charge in [0, 0.05) is 6.42 Å². The molecule has 4 atom stereocenters. The van der Waals surface area contributed by atoms with Crippen LogP contribution in [0.4, 0.5) is 0 Å². The monoisotopic (exact) mass is 208 g/mol. The van der Waals surface area contributed by atoms with Gasteiger partial charge in [-0.3, -0.25) is 0 Å². The second kappa shape index (κ2) is 3.92. The third-order valence-electron chi connectivity index (χ3n) is 5.17. The molecule has 2 aliphatic carbocycles. The van der Waals surface area contributed by atoms with E-state index < -0.39 is 0 Å². The fraction of sp³-hybridized carbons (Fsp3) is 0.929. The van der Waals surface area contributed by atoms with Gasteiger partial charge in [0.1, 0.15) is 6.29 Å². The van der Waals surface area contributed by atoms with Gasteiger partial charge in [-0.05, 0) is 54.8 Å². The Labute approximate surface area is 93.6 Å². The van der Waals surface area contributed by atoms with E-state index in [-0.39, 0.29) is 0 Å². The standard InChI is InChI=1S/C14H24O/c1-10-8-12-4-6-14(2,3)13(12)9-11(10)5-7-15/h7,10-13H,4-6,8-9H2,1-3H3. The lowest BCUT2D eigenvalue weighted by molar-refractivity contribution is -0.109. The molecular formula is C14H24O. The summed E-state index contributed by atoms with van der Waals surface area (Å²) in [7, 11) is 0. The van der Waals surface area contributed by atoms with Crippen molar-refractivity contribution in [1.82, 2.24) is 0 Å². The van der Waals surface area contributed by atoms with Crippen LogP contribution in [0.2, 0.25) is 0 Å². The summed E-state index contributed by atoms with van der Waals surface area (Å²) < 4.78 is 0. The maximum absolute atomic E-state index is 10.7. The minimum Gasteiger partial charge on any atom is -0.303 e. The Kier molecular flexibility index (Phi) is 2.92. The van der Waals surface area contributed by atoms with Crippen LogP contribution in [0.15, 0.2) is 0 Å². The highest BCUT2D eigenvalue weighted by atomic mass is 16.1. The van der Waals surface area contributed by atoms with E-state index in [9.17, 15) is 4.79 Å². The van der Waals surface area contributed by atoms with E-state index in [4.69, 9.17) is 0 Å². The van der Waals surface area contributed by atoms with Gasteiger partial charge in [0.25, 0.3) is 0 Å². The first-order valence-electron chi connectivity index (χ1n) is 6.48. The molecule has 1 nitrogen and oxygen atoms in total. The molecule has 0 bridgehead atoms. The Balaban J connectivity index is 2.08. The van der Waals surface area contributed by atoms with Crippen LogP contribution >= 0.6 is 0 Å². The van der Waals surface area contributed by atoms with E-state index in [0.29, 0.717) is 11.3 Å². The highest BCUT2D eigenvalue weighted by Crippen LogP contribution is 2.55. The number of aldehydes is 1. The maximum Gasteiger partial charge on any atom is 0.120 e. The average molecular weight is 208 g/mol. The van der Waals surface area contributed by atoms with Crippen molar-refractivity contribution in [1.29, 1.82) is 0 Å². The van der Waals surface area contributed by atoms with E-state index in [2.05, 4.69) is 20.8 Å². The quantitative estimate of drug-likeness (QED) is 0.633. The Hall–Kier alpha value is -0.330. The smallest absolute Gasteiger partial charge is 0.120 e. The lowest BCUT2D eigenvalue weighted by Gasteiger charge is -2.41. The van der Waals surface area contributed by atoms with E-state index in [1.54, 1.807) is 0 Å². The molecule has 0 saturated heterocycles. The predicted molar refractivity (Wildman–Crippen MR) is 62.6 cm³/mol. The van der Waals surface area contributed by atoms with Crippen LogP contribution in [0.5, 0.6) is 0 Å². The number of hydrogen-bond acceptors (Lipinski definition) is 1. The number of carbonyl (C=O) groups excluding carboxylic acids is 1. The molecule has 2 fully saturated rings. The molecule has 1 heteroatoms. The average Bonchev–Trinajstić information content (AvgIpc) is 2.44. The van der Waals surface area contributed by atoms with Gasteiger partial charge in [-0.1, -0.05) is 20.8 Å².